The molecule has 1 aromatic heterocycles. The highest BCUT2D eigenvalue weighted by molar-refractivity contribution is 5.80. The van der Waals surface area contributed by atoms with E-state index in [9.17, 15) is 4.79 Å². The van der Waals surface area contributed by atoms with Gasteiger partial charge in [0.1, 0.15) is 5.75 Å². The van der Waals surface area contributed by atoms with Gasteiger partial charge >= 0.3 is 0 Å². The first-order chi connectivity index (χ1) is 15.2. The lowest BCUT2D eigenvalue weighted by atomic mass is 9.95. The first-order valence-electron chi connectivity index (χ1n) is 11.1. The van der Waals surface area contributed by atoms with Crippen molar-refractivity contribution in [2.24, 2.45) is 5.92 Å². The number of methoxy groups -OCH3 is 1. The molecule has 0 radical (unpaired) electrons. The van der Waals surface area contributed by atoms with Gasteiger partial charge in [0.05, 0.1) is 18.1 Å². The molecule has 0 saturated carbocycles. The number of anilines is 2. The fourth-order valence-corrected chi connectivity index (χ4v) is 4.68. The number of piperidine rings is 1. The Morgan fingerprint density at radius 1 is 0.968 bits per heavy atom. The van der Waals surface area contributed by atoms with Crippen LogP contribution >= 0.6 is 0 Å². The zero-order chi connectivity index (χ0) is 21.2. The molecule has 3 aromatic rings. The Morgan fingerprint density at radius 3 is 2.48 bits per heavy atom. The molecule has 0 atom stereocenters. The normalized spacial score (nSPS) is 17.9. The van der Waals surface area contributed by atoms with E-state index in [2.05, 4.69) is 31.8 Å². The summed E-state index contributed by atoms with van der Waals surface area (Å²) in [5.41, 5.74) is 3.21. The number of fused-ring (bicyclic) bond motifs is 1. The maximum absolute atomic E-state index is 13.1. The summed E-state index contributed by atoms with van der Waals surface area (Å²) in [4.78, 5) is 27.9. The lowest BCUT2D eigenvalue weighted by molar-refractivity contribution is -0.136. The van der Waals surface area contributed by atoms with E-state index in [4.69, 9.17) is 9.72 Å². The number of hydrogen-bond donors (Lipinski definition) is 1. The van der Waals surface area contributed by atoms with Crippen LogP contribution in [0.25, 0.3) is 11.0 Å². The molecule has 7 heteroatoms. The molecule has 5 rings (SSSR count). The summed E-state index contributed by atoms with van der Waals surface area (Å²) in [5.74, 6) is 2.21. The van der Waals surface area contributed by atoms with Crippen molar-refractivity contribution in [3.8, 4) is 5.75 Å². The Labute approximate surface area is 182 Å². The summed E-state index contributed by atoms with van der Waals surface area (Å²) < 4.78 is 5.34. The number of nitrogens with one attached hydrogen (secondary N) is 1. The highest BCUT2D eigenvalue weighted by atomic mass is 16.5. The summed E-state index contributed by atoms with van der Waals surface area (Å²) in [7, 11) is 1.69. The van der Waals surface area contributed by atoms with Crippen molar-refractivity contribution in [3.05, 3.63) is 48.5 Å². The van der Waals surface area contributed by atoms with Gasteiger partial charge in [-0.25, -0.2) is 4.98 Å². The number of para-hydroxylation sites is 2. The van der Waals surface area contributed by atoms with Gasteiger partial charge < -0.3 is 24.4 Å². The van der Waals surface area contributed by atoms with Crippen molar-refractivity contribution in [2.45, 2.75) is 12.8 Å². The van der Waals surface area contributed by atoms with Crippen molar-refractivity contribution in [1.82, 2.24) is 14.9 Å². The standard InChI is InChI=1S/C24H29N5O2/c1-31-20-6-4-5-19(17-20)27-13-15-28(16-14-27)23(30)18-9-11-29(12-10-18)24-25-21-7-2-3-8-22(21)26-24/h2-8,17-18H,9-16H2,1H3,(H,25,26). The molecule has 0 unspecified atom stereocenters. The van der Waals surface area contributed by atoms with Crippen molar-refractivity contribution < 1.29 is 9.53 Å². The lowest BCUT2D eigenvalue weighted by Crippen LogP contribution is -2.51. The average Bonchev–Trinajstić information content (AvgIpc) is 3.28. The molecule has 2 aromatic carbocycles. The number of ether oxygens (including phenoxy) is 1. The first kappa shape index (κ1) is 19.7. The van der Waals surface area contributed by atoms with Crippen LogP contribution < -0.4 is 14.5 Å². The van der Waals surface area contributed by atoms with Crippen LogP contribution in [0, 0.1) is 5.92 Å². The number of aromatic amines is 1. The molecular weight excluding hydrogens is 390 g/mol. The van der Waals surface area contributed by atoms with Gasteiger partial charge in [0, 0.05) is 56.9 Å². The maximum atomic E-state index is 13.1. The van der Waals surface area contributed by atoms with Crippen LogP contribution in [0.3, 0.4) is 0 Å². The second-order valence-corrected chi connectivity index (χ2v) is 8.35. The predicted molar refractivity (Wildman–Crippen MR) is 123 cm³/mol. The molecule has 2 saturated heterocycles. The highest BCUT2D eigenvalue weighted by Crippen LogP contribution is 2.26. The van der Waals surface area contributed by atoms with Crippen LogP contribution in [0.4, 0.5) is 11.6 Å². The van der Waals surface area contributed by atoms with Crippen molar-refractivity contribution in [2.75, 3.05) is 56.2 Å². The number of carbonyl (C=O) groups excluding carboxylic acids is 1. The number of rotatable bonds is 4. The largest absolute Gasteiger partial charge is 0.497 e. The Bertz CT molecular complexity index is 1020. The molecule has 1 N–H and O–H groups in total. The SMILES string of the molecule is COc1cccc(N2CCN(C(=O)C3CCN(c4nc5ccccc5[nH]4)CC3)CC2)c1. The van der Waals surface area contributed by atoms with E-state index < -0.39 is 0 Å². The molecule has 1 amide bonds. The number of aromatic nitrogens is 2. The number of benzene rings is 2. The Kier molecular flexibility index (Phi) is 5.40. The topological polar surface area (TPSA) is 64.7 Å². The number of hydrogen-bond acceptors (Lipinski definition) is 5. The zero-order valence-electron chi connectivity index (χ0n) is 18.0. The minimum atomic E-state index is 0.115. The number of H-pyrrole nitrogens is 1. The molecule has 7 nitrogen and oxygen atoms in total. The zero-order valence-corrected chi connectivity index (χ0v) is 18.0. The van der Waals surface area contributed by atoms with E-state index in [1.165, 1.54) is 0 Å². The maximum Gasteiger partial charge on any atom is 0.225 e. The number of piperazine rings is 1. The monoisotopic (exact) mass is 419 g/mol. The number of nitrogens with zero attached hydrogens (tertiary/aromatic N) is 4. The fourth-order valence-electron chi connectivity index (χ4n) is 4.68. The van der Waals surface area contributed by atoms with Crippen LogP contribution in [-0.2, 0) is 4.79 Å². The first-order valence-corrected chi connectivity index (χ1v) is 11.1. The summed E-state index contributed by atoms with van der Waals surface area (Å²) in [6.07, 6.45) is 1.76. The van der Waals surface area contributed by atoms with E-state index in [0.29, 0.717) is 5.91 Å². The Morgan fingerprint density at radius 2 is 1.74 bits per heavy atom. The van der Waals surface area contributed by atoms with Crippen LogP contribution in [0.15, 0.2) is 48.5 Å². The molecule has 2 aliphatic rings. The average molecular weight is 420 g/mol. The van der Waals surface area contributed by atoms with Gasteiger partial charge in [0.2, 0.25) is 11.9 Å². The lowest BCUT2D eigenvalue weighted by Gasteiger charge is -2.39. The van der Waals surface area contributed by atoms with Crippen LogP contribution in [-0.4, -0.2) is 67.2 Å². The van der Waals surface area contributed by atoms with Crippen LogP contribution in [0.5, 0.6) is 5.75 Å². The van der Waals surface area contributed by atoms with Gasteiger partial charge in [-0.3, -0.25) is 4.79 Å². The van der Waals surface area contributed by atoms with Gasteiger partial charge in [-0.05, 0) is 37.1 Å². The van der Waals surface area contributed by atoms with Crippen LogP contribution in [0.1, 0.15) is 12.8 Å². The summed E-state index contributed by atoms with van der Waals surface area (Å²) in [6.45, 7) is 4.99. The molecule has 31 heavy (non-hydrogen) atoms. The number of carbonyl (C=O) groups is 1. The summed E-state index contributed by atoms with van der Waals surface area (Å²) >= 11 is 0. The van der Waals surface area contributed by atoms with Gasteiger partial charge in [-0.15, -0.1) is 0 Å². The van der Waals surface area contributed by atoms with Gasteiger partial charge in [0.25, 0.3) is 0 Å². The molecule has 0 spiro atoms. The molecule has 0 aliphatic carbocycles. The quantitative estimate of drug-likeness (QED) is 0.704. The van der Waals surface area contributed by atoms with Crippen molar-refractivity contribution in [3.63, 3.8) is 0 Å². The molecule has 162 valence electrons. The van der Waals surface area contributed by atoms with Gasteiger partial charge in [-0.1, -0.05) is 18.2 Å². The summed E-state index contributed by atoms with van der Waals surface area (Å²) in [6, 6.07) is 16.2. The minimum absolute atomic E-state index is 0.115. The Hall–Kier alpha value is -3.22. The van der Waals surface area contributed by atoms with E-state index in [-0.39, 0.29) is 5.92 Å². The number of imidazole rings is 1. The molecular formula is C24H29N5O2. The smallest absolute Gasteiger partial charge is 0.225 e. The molecule has 3 heterocycles. The van der Waals surface area contributed by atoms with Gasteiger partial charge in [0.15, 0.2) is 0 Å². The third-order valence-corrected chi connectivity index (χ3v) is 6.53. The minimum Gasteiger partial charge on any atom is -0.497 e. The second kappa shape index (κ2) is 8.49. The third kappa shape index (κ3) is 4.04. The third-order valence-electron chi connectivity index (χ3n) is 6.53. The van der Waals surface area contributed by atoms with E-state index in [0.717, 1.165) is 80.5 Å². The highest BCUT2D eigenvalue weighted by Gasteiger charge is 2.31. The molecule has 0 bridgehead atoms. The van der Waals surface area contributed by atoms with Crippen molar-refractivity contribution in [1.29, 1.82) is 0 Å². The predicted octanol–water partition coefficient (Wildman–Crippen LogP) is 3.14. The number of amides is 1. The summed E-state index contributed by atoms with van der Waals surface area (Å²) in [5, 5.41) is 0. The fraction of sp³-hybridized carbons (Fsp3) is 0.417. The molecule has 2 aliphatic heterocycles. The van der Waals surface area contributed by atoms with E-state index in [1.54, 1.807) is 7.11 Å². The van der Waals surface area contributed by atoms with E-state index in [1.807, 2.05) is 36.4 Å². The van der Waals surface area contributed by atoms with E-state index >= 15 is 0 Å². The van der Waals surface area contributed by atoms with Crippen molar-refractivity contribution >= 4 is 28.6 Å². The Balaban J connectivity index is 1.15. The second-order valence-electron chi connectivity index (χ2n) is 8.35. The van der Waals surface area contributed by atoms with Gasteiger partial charge in [-0.2, -0.15) is 0 Å². The molecule has 2 fully saturated rings. The van der Waals surface area contributed by atoms with Crippen LogP contribution in [0.2, 0.25) is 0 Å².